The fraction of sp³-hybridized carbons (Fsp3) is 0.500. The number of aryl methyl sites for hydroxylation is 1. The molecule has 0 amide bonds. The Labute approximate surface area is 139 Å². The van der Waals surface area contributed by atoms with Gasteiger partial charge >= 0.3 is 0 Å². The Balaban J connectivity index is 1.85. The summed E-state index contributed by atoms with van der Waals surface area (Å²) in [5.41, 5.74) is 3.76. The van der Waals surface area contributed by atoms with Crippen molar-refractivity contribution in [2.45, 2.75) is 58.6 Å². The number of fused-ring (bicyclic) bond motifs is 1. The van der Waals surface area contributed by atoms with Crippen LogP contribution in [0.25, 0.3) is 0 Å². The smallest absolute Gasteiger partial charge is 0.104 e. The first-order valence-corrected chi connectivity index (χ1v) is 8.29. The molecule has 116 valence electrons. The van der Waals surface area contributed by atoms with Crippen LogP contribution in [0.2, 0.25) is 0 Å². The number of hydrogen-bond donors (Lipinski definition) is 0. The van der Waals surface area contributed by atoms with Crippen LogP contribution in [0.15, 0.2) is 47.8 Å². The lowest BCUT2D eigenvalue weighted by atomic mass is 9.98. The fourth-order valence-corrected chi connectivity index (χ4v) is 4.15. The topological polar surface area (TPSA) is 6.48 Å². The van der Waals surface area contributed by atoms with Crippen LogP contribution in [0.4, 0.5) is 5.69 Å². The number of nitrogens with zero attached hydrogens (tertiary/aromatic N) is 2. The number of allylic oxidation sites excluding steroid dienone is 2. The summed E-state index contributed by atoms with van der Waals surface area (Å²) in [4.78, 5) is 3.80. The molecular weight excluding hydrogens is 268 g/mol. The average Bonchev–Trinajstić information content (AvgIpc) is 3.26. The molecule has 3 aliphatic rings. The summed E-state index contributed by atoms with van der Waals surface area (Å²) in [7, 11) is 0. The molecule has 2 unspecified atom stereocenters. The van der Waals surface area contributed by atoms with Crippen molar-refractivity contribution in [1.29, 1.82) is 0 Å². The predicted molar refractivity (Wildman–Crippen MR) is 92.5 cm³/mol. The molecule has 0 aromatic heterocycles. The van der Waals surface area contributed by atoms with E-state index in [1.807, 2.05) is 60.1 Å². The Morgan fingerprint density at radius 1 is 1.18 bits per heavy atom. The fourth-order valence-electron chi connectivity index (χ4n) is 4.15. The molecule has 2 atom stereocenters. The van der Waals surface area contributed by atoms with Gasteiger partial charge in [0.15, 0.2) is 0 Å². The van der Waals surface area contributed by atoms with Gasteiger partial charge in [0, 0.05) is 15.5 Å². The van der Waals surface area contributed by atoms with Crippen LogP contribution in [0.1, 0.15) is 50.5 Å². The van der Waals surface area contributed by atoms with Gasteiger partial charge in [-0.2, -0.15) is 0 Å². The first-order valence-electron chi connectivity index (χ1n) is 10.3. The Kier molecular flexibility index (Phi) is 2.39. The molecule has 2 heteroatoms. The van der Waals surface area contributed by atoms with Crippen LogP contribution in [-0.2, 0) is 0 Å². The third-order valence-electron chi connectivity index (χ3n) is 5.32. The molecule has 0 spiro atoms. The van der Waals surface area contributed by atoms with Crippen LogP contribution in [0.3, 0.4) is 0 Å². The largest absolute Gasteiger partial charge is 0.343 e. The summed E-state index contributed by atoms with van der Waals surface area (Å²) in [5, 5.41) is 0. The van der Waals surface area contributed by atoms with Gasteiger partial charge in [-0.3, -0.25) is 0 Å². The molecule has 1 aliphatic carbocycles. The van der Waals surface area contributed by atoms with Crippen molar-refractivity contribution in [2.24, 2.45) is 5.92 Å². The van der Waals surface area contributed by atoms with Gasteiger partial charge in [-0.25, -0.2) is 0 Å². The van der Waals surface area contributed by atoms with Crippen LogP contribution < -0.4 is 4.90 Å². The molecule has 0 N–H and O–H groups in total. The van der Waals surface area contributed by atoms with E-state index < -0.39 is 19.0 Å². The Hall–Kier alpha value is -1.70. The van der Waals surface area contributed by atoms with E-state index in [2.05, 4.69) is 0 Å². The zero-order valence-electron chi connectivity index (χ0n) is 17.3. The van der Waals surface area contributed by atoms with Crippen LogP contribution >= 0.6 is 0 Å². The van der Waals surface area contributed by atoms with E-state index >= 15 is 0 Å². The van der Waals surface area contributed by atoms with Crippen LogP contribution in [-0.4, -0.2) is 17.1 Å². The van der Waals surface area contributed by atoms with Crippen molar-refractivity contribution < 1.29 is 5.48 Å². The standard InChI is InChI=1S/C20H26N2/c1-14-8-4-7-11-18(14)21-15(2)19-12-13-20(22(19)16(21)3)17-9-5-6-10-17/h4,7-8,11-13,16-17,20H,5-6,9-10H2,1-3H3/i3D3,20D. The van der Waals surface area contributed by atoms with E-state index in [1.165, 1.54) is 0 Å². The van der Waals surface area contributed by atoms with E-state index in [0.717, 1.165) is 48.3 Å². The van der Waals surface area contributed by atoms with Gasteiger partial charge in [0.2, 0.25) is 0 Å². The van der Waals surface area contributed by atoms with Crippen molar-refractivity contribution in [3.05, 3.63) is 53.4 Å². The first-order chi connectivity index (χ1) is 12.2. The minimum Gasteiger partial charge on any atom is -0.343 e. The van der Waals surface area contributed by atoms with Gasteiger partial charge in [0.1, 0.15) is 6.17 Å². The van der Waals surface area contributed by atoms with Crippen molar-refractivity contribution in [3.8, 4) is 0 Å². The third kappa shape index (κ3) is 1.93. The van der Waals surface area contributed by atoms with Gasteiger partial charge < -0.3 is 9.80 Å². The molecular formula is C20H26N2. The summed E-state index contributed by atoms with van der Waals surface area (Å²) in [6, 6.07) is 6.93. The molecule has 2 aliphatic heterocycles. The molecule has 2 heterocycles. The maximum Gasteiger partial charge on any atom is 0.104 e. The monoisotopic (exact) mass is 298 g/mol. The van der Waals surface area contributed by atoms with Crippen molar-refractivity contribution in [1.82, 2.24) is 4.90 Å². The maximum atomic E-state index is 9.24. The first kappa shape index (κ1) is 10.1. The minimum atomic E-state index is -2.22. The normalized spacial score (nSPS) is 34.7. The van der Waals surface area contributed by atoms with E-state index in [1.54, 1.807) is 0 Å². The predicted octanol–water partition coefficient (Wildman–Crippen LogP) is 4.82. The third-order valence-corrected chi connectivity index (χ3v) is 5.32. The Bertz CT molecular complexity index is 776. The van der Waals surface area contributed by atoms with E-state index in [0.29, 0.717) is 0 Å². The molecule has 4 rings (SSSR count). The number of para-hydroxylation sites is 1. The molecule has 1 saturated carbocycles. The summed E-state index contributed by atoms with van der Waals surface area (Å²) in [6.07, 6.45) is 7.30. The molecule has 2 nitrogen and oxygen atoms in total. The highest BCUT2D eigenvalue weighted by molar-refractivity contribution is 5.62. The van der Waals surface area contributed by atoms with Gasteiger partial charge in [-0.1, -0.05) is 37.1 Å². The SMILES string of the molecule is [2H]C([2H])([2H])C1N(c2ccccc2C)C(C)=C2C=CC([2H])(C3CCCC3)N21. The molecule has 22 heavy (non-hydrogen) atoms. The van der Waals surface area contributed by atoms with Gasteiger partial charge in [-0.05, 0) is 57.2 Å². The highest BCUT2D eigenvalue weighted by Gasteiger charge is 2.42. The molecule has 0 radical (unpaired) electrons. The molecule has 1 fully saturated rings. The van der Waals surface area contributed by atoms with Crippen LogP contribution in [0, 0.1) is 12.8 Å². The van der Waals surface area contributed by atoms with Crippen molar-refractivity contribution in [2.75, 3.05) is 4.90 Å². The maximum absolute atomic E-state index is 9.24. The van der Waals surface area contributed by atoms with Gasteiger partial charge in [0.05, 0.1) is 13.1 Å². The Morgan fingerprint density at radius 2 is 1.95 bits per heavy atom. The second-order valence-electron chi connectivity index (χ2n) is 6.61. The van der Waals surface area contributed by atoms with E-state index in [-0.39, 0.29) is 5.92 Å². The zero-order valence-corrected chi connectivity index (χ0v) is 13.3. The zero-order chi connectivity index (χ0) is 18.7. The molecule has 1 aromatic carbocycles. The summed E-state index contributed by atoms with van der Waals surface area (Å²) in [6.45, 7) is 1.77. The summed E-state index contributed by atoms with van der Waals surface area (Å²) in [5.74, 6) is 0.186. The highest BCUT2D eigenvalue weighted by Crippen LogP contribution is 2.44. The second-order valence-corrected chi connectivity index (χ2v) is 6.61. The highest BCUT2D eigenvalue weighted by atomic mass is 15.4. The minimum absolute atomic E-state index is 0.186. The van der Waals surface area contributed by atoms with E-state index in [4.69, 9.17) is 4.11 Å². The summed E-state index contributed by atoms with van der Waals surface area (Å²) >= 11 is 0. The average molecular weight is 298 g/mol. The van der Waals surface area contributed by atoms with Crippen LogP contribution in [0.5, 0.6) is 0 Å². The van der Waals surface area contributed by atoms with Gasteiger partial charge in [-0.15, -0.1) is 0 Å². The Morgan fingerprint density at radius 3 is 2.68 bits per heavy atom. The summed E-state index contributed by atoms with van der Waals surface area (Å²) < 4.78 is 34.1. The number of hydrogen-bond acceptors (Lipinski definition) is 2. The van der Waals surface area contributed by atoms with Gasteiger partial charge in [0.25, 0.3) is 0 Å². The van der Waals surface area contributed by atoms with Crippen molar-refractivity contribution in [3.63, 3.8) is 0 Å². The van der Waals surface area contributed by atoms with E-state index in [9.17, 15) is 1.37 Å². The lowest BCUT2D eigenvalue weighted by Crippen LogP contribution is -2.44. The number of anilines is 1. The molecule has 0 bridgehead atoms. The molecule has 0 saturated heterocycles. The lowest BCUT2D eigenvalue weighted by Gasteiger charge is -2.37. The number of benzene rings is 1. The number of rotatable bonds is 2. The lowest BCUT2D eigenvalue weighted by molar-refractivity contribution is 0.210. The quantitative estimate of drug-likeness (QED) is 0.772. The molecule has 1 aromatic rings. The van der Waals surface area contributed by atoms with Crippen molar-refractivity contribution >= 4 is 5.69 Å². The second kappa shape index (κ2) is 5.19.